The van der Waals surface area contributed by atoms with Crippen molar-refractivity contribution in [3.63, 3.8) is 0 Å². The predicted octanol–water partition coefficient (Wildman–Crippen LogP) is 4.47. The highest BCUT2D eigenvalue weighted by Gasteiger charge is 2.10. The highest BCUT2D eigenvalue weighted by molar-refractivity contribution is 5.92. The lowest BCUT2D eigenvalue weighted by Gasteiger charge is -2.12. The molecular weight excluding hydrogens is 278 g/mol. The van der Waals surface area contributed by atoms with Gasteiger partial charge >= 0.3 is 0 Å². The zero-order chi connectivity index (χ0) is 15.9. The van der Waals surface area contributed by atoms with Gasteiger partial charge in [0, 0.05) is 11.6 Å². The Morgan fingerprint density at radius 1 is 1.09 bits per heavy atom. The average Bonchev–Trinajstić information content (AvgIpc) is 2.56. The van der Waals surface area contributed by atoms with Crippen molar-refractivity contribution in [2.24, 2.45) is 5.92 Å². The van der Waals surface area contributed by atoms with Crippen molar-refractivity contribution in [2.75, 3.05) is 12.4 Å². The summed E-state index contributed by atoms with van der Waals surface area (Å²) in [5.74, 6) is 2.05. The van der Waals surface area contributed by atoms with Crippen LogP contribution in [0.3, 0.4) is 0 Å². The zero-order valence-corrected chi connectivity index (χ0v) is 13.1. The lowest BCUT2D eigenvalue weighted by Crippen LogP contribution is -2.19. The maximum Gasteiger partial charge on any atom is 0.227 e. The first-order valence-corrected chi connectivity index (χ1v) is 7.35. The molecule has 4 nitrogen and oxygen atoms in total. The number of methoxy groups -OCH3 is 1. The number of nitrogens with one attached hydrogen (secondary N) is 1. The van der Waals surface area contributed by atoms with Crippen molar-refractivity contribution < 1.29 is 14.3 Å². The van der Waals surface area contributed by atoms with Crippen molar-refractivity contribution in [3.05, 3.63) is 48.5 Å². The molecule has 2 aromatic rings. The van der Waals surface area contributed by atoms with E-state index in [1.54, 1.807) is 7.11 Å². The summed E-state index contributed by atoms with van der Waals surface area (Å²) in [5.41, 5.74) is 0.762. The second-order valence-corrected chi connectivity index (χ2v) is 5.08. The summed E-state index contributed by atoms with van der Waals surface area (Å²) < 4.78 is 11.0. The van der Waals surface area contributed by atoms with Crippen LogP contribution in [0.5, 0.6) is 17.2 Å². The number of anilines is 1. The molecule has 1 amide bonds. The number of amides is 1. The average molecular weight is 299 g/mol. The molecule has 2 aromatic carbocycles. The van der Waals surface area contributed by atoms with Crippen LogP contribution in [0.15, 0.2) is 48.5 Å². The summed E-state index contributed by atoms with van der Waals surface area (Å²) >= 11 is 0. The van der Waals surface area contributed by atoms with Crippen molar-refractivity contribution in [1.29, 1.82) is 0 Å². The van der Waals surface area contributed by atoms with E-state index < -0.39 is 0 Å². The van der Waals surface area contributed by atoms with Gasteiger partial charge in [0.15, 0.2) is 11.5 Å². The molecule has 0 aromatic heterocycles. The maximum absolute atomic E-state index is 11.8. The fraction of sp³-hybridized carbons (Fsp3) is 0.278. The Balaban J connectivity index is 2.04. The van der Waals surface area contributed by atoms with Gasteiger partial charge in [0.25, 0.3) is 0 Å². The van der Waals surface area contributed by atoms with Gasteiger partial charge in [-0.1, -0.05) is 26.0 Å². The molecule has 22 heavy (non-hydrogen) atoms. The molecule has 0 aliphatic rings. The van der Waals surface area contributed by atoms with Gasteiger partial charge in [-0.3, -0.25) is 4.79 Å². The molecule has 116 valence electrons. The van der Waals surface area contributed by atoms with E-state index in [4.69, 9.17) is 9.47 Å². The minimum Gasteiger partial charge on any atom is -0.493 e. The van der Waals surface area contributed by atoms with E-state index in [0.717, 1.165) is 12.1 Å². The molecule has 0 aliphatic heterocycles. The van der Waals surface area contributed by atoms with Crippen molar-refractivity contribution in [2.45, 2.75) is 20.3 Å². The lowest BCUT2D eigenvalue weighted by atomic mass is 10.1. The van der Waals surface area contributed by atoms with E-state index in [0.29, 0.717) is 17.2 Å². The van der Waals surface area contributed by atoms with Crippen LogP contribution in [-0.4, -0.2) is 13.0 Å². The van der Waals surface area contributed by atoms with Crippen molar-refractivity contribution >= 4 is 11.6 Å². The molecule has 1 atom stereocenters. The van der Waals surface area contributed by atoms with Crippen molar-refractivity contribution in [3.8, 4) is 17.2 Å². The van der Waals surface area contributed by atoms with Crippen LogP contribution in [0.25, 0.3) is 0 Å². The summed E-state index contributed by atoms with van der Waals surface area (Å²) in [6.07, 6.45) is 0.820. The van der Waals surface area contributed by atoms with E-state index in [2.05, 4.69) is 5.32 Å². The molecule has 2 rings (SSSR count). The maximum atomic E-state index is 11.8. The molecule has 0 unspecified atom stereocenters. The molecular formula is C18H21NO3. The van der Waals surface area contributed by atoms with E-state index in [-0.39, 0.29) is 11.8 Å². The van der Waals surface area contributed by atoms with Gasteiger partial charge in [-0.05, 0) is 42.8 Å². The van der Waals surface area contributed by atoms with Crippen LogP contribution in [-0.2, 0) is 4.79 Å². The standard InChI is InChI=1S/C18H21NO3/c1-4-13(2)18(20)19-14-9-11-15(12-10-14)22-17-8-6-5-7-16(17)21-3/h5-13H,4H2,1-3H3,(H,19,20)/t13-/m0/s1. The number of hydrogen-bond acceptors (Lipinski definition) is 3. The van der Waals surface area contributed by atoms with Gasteiger partial charge in [-0.25, -0.2) is 0 Å². The summed E-state index contributed by atoms with van der Waals surface area (Å²) in [7, 11) is 1.61. The van der Waals surface area contributed by atoms with Gasteiger partial charge in [0.05, 0.1) is 7.11 Å². The van der Waals surface area contributed by atoms with E-state index >= 15 is 0 Å². The SMILES string of the molecule is CC[C@H](C)C(=O)Nc1ccc(Oc2ccccc2OC)cc1. The second kappa shape index (κ2) is 7.50. The Bertz CT molecular complexity index is 622. The Morgan fingerprint density at radius 2 is 1.73 bits per heavy atom. The first-order chi connectivity index (χ1) is 10.6. The zero-order valence-electron chi connectivity index (χ0n) is 13.1. The van der Waals surface area contributed by atoms with Crippen LogP contribution in [0, 0.1) is 5.92 Å². The van der Waals surface area contributed by atoms with Crippen LogP contribution in [0.2, 0.25) is 0 Å². The van der Waals surface area contributed by atoms with Gasteiger partial charge in [-0.15, -0.1) is 0 Å². The summed E-state index contributed by atoms with van der Waals surface area (Å²) in [5, 5.41) is 2.89. The van der Waals surface area contributed by atoms with Crippen LogP contribution < -0.4 is 14.8 Å². The van der Waals surface area contributed by atoms with Gasteiger partial charge in [-0.2, -0.15) is 0 Å². The smallest absolute Gasteiger partial charge is 0.227 e. The number of hydrogen-bond donors (Lipinski definition) is 1. The number of para-hydroxylation sites is 2. The highest BCUT2D eigenvalue weighted by Crippen LogP contribution is 2.31. The minimum absolute atomic E-state index is 0.00417. The van der Waals surface area contributed by atoms with E-state index in [1.807, 2.05) is 62.4 Å². The summed E-state index contributed by atoms with van der Waals surface area (Å²) in [6.45, 7) is 3.91. The Labute approximate surface area is 131 Å². The Kier molecular flexibility index (Phi) is 5.42. The van der Waals surface area contributed by atoms with Crippen molar-refractivity contribution in [1.82, 2.24) is 0 Å². The van der Waals surface area contributed by atoms with Crippen LogP contribution >= 0.6 is 0 Å². The number of rotatable bonds is 6. The second-order valence-electron chi connectivity index (χ2n) is 5.08. The number of carbonyl (C=O) groups excluding carboxylic acids is 1. The van der Waals surface area contributed by atoms with Crippen LogP contribution in [0.4, 0.5) is 5.69 Å². The minimum atomic E-state index is 0.00417. The molecule has 0 saturated heterocycles. The molecule has 0 spiro atoms. The number of benzene rings is 2. The molecule has 0 radical (unpaired) electrons. The highest BCUT2D eigenvalue weighted by atomic mass is 16.5. The van der Waals surface area contributed by atoms with E-state index in [9.17, 15) is 4.79 Å². The predicted molar refractivity (Wildman–Crippen MR) is 87.6 cm³/mol. The monoisotopic (exact) mass is 299 g/mol. The fourth-order valence-corrected chi connectivity index (χ4v) is 1.89. The topological polar surface area (TPSA) is 47.6 Å². The third-order valence-corrected chi connectivity index (χ3v) is 3.48. The number of ether oxygens (including phenoxy) is 2. The molecule has 0 fully saturated rings. The number of carbonyl (C=O) groups is 1. The first-order valence-electron chi connectivity index (χ1n) is 7.35. The van der Waals surface area contributed by atoms with Gasteiger partial charge < -0.3 is 14.8 Å². The molecule has 0 heterocycles. The molecule has 0 saturated carbocycles. The summed E-state index contributed by atoms with van der Waals surface area (Å²) in [6, 6.07) is 14.7. The molecule has 0 bridgehead atoms. The largest absolute Gasteiger partial charge is 0.493 e. The quantitative estimate of drug-likeness (QED) is 0.856. The third-order valence-electron chi connectivity index (χ3n) is 3.48. The molecule has 4 heteroatoms. The van der Waals surface area contributed by atoms with Crippen LogP contribution in [0.1, 0.15) is 20.3 Å². The van der Waals surface area contributed by atoms with Gasteiger partial charge in [0.1, 0.15) is 5.75 Å². The summed E-state index contributed by atoms with van der Waals surface area (Å²) in [4.78, 5) is 11.8. The van der Waals surface area contributed by atoms with E-state index in [1.165, 1.54) is 0 Å². The Hall–Kier alpha value is -2.49. The fourth-order valence-electron chi connectivity index (χ4n) is 1.89. The first kappa shape index (κ1) is 15.9. The van der Waals surface area contributed by atoms with Gasteiger partial charge in [0.2, 0.25) is 5.91 Å². The normalized spacial score (nSPS) is 11.6. The molecule has 0 aliphatic carbocycles. The third kappa shape index (κ3) is 4.01. The molecule has 1 N–H and O–H groups in total. The lowest BCUT2D eigenvalue weighted by molar-refractivity contribution is -0.119. The Morgan fingerprint density at radius 3 is 2.32 bits per heavy atom.